The summed E-state index contributed by atoms with van der Waals surface area (Å²) in [6.45, 7) is 5.29. The van der Waals surface area contributed by atoms with E-state index in [4.69, 9.17) is 0 Å². The standard InChI is InChI=1S/C13H21NOS/c1-3-10-14-12(4-2)11-16(15)13-8-6-5-7-9-13/h5-9,12,14H,3-4,10-11H2,1-2H3. The third-order valence-electron chi connectivity index (χ3n) is 2.53. The van der Waals surface area contributed by atoms with Crippen molar-refractivity contribution in [2.24, 2.45) is 0 Å². The van der Waals surface area contributed by atoms with Crippen molar-refractivity contribution in [2.75, 3.05) is 12.3 Å². The summed E-state index contributed by atoms with van der Waals surface area (Å²) in [5, 5.41) is 3.43. The van der Waals surface area contributed by atoms with Crippen molar-refractivity contribution in [1.29, 1.82) is 0 Å². The maximum absolute atomic E-state index is 12.0. The molecule has 16 heavy (non-hydrogen) atoms. The van der Waals surface area contributed by atoms with Crippen LogP contribution in [0.1, 0.15) is 26.7 Å². The van der Waals surface area contributed by atoms with Crippen LogP contribution in [-0.4, -0.2) is 22.5 Å². The lowest BCUT2D eigenvalue weighted by atomic mass is 10.2. The molecule has 0 heterocycles. The number of hydrogen-bond donors (Lipinski definition) is 1. The molecule has 0 aliphatic heterocycles. The minimum absolute atomic E-state index is 0.362. The molecule has 0 saturated carbocycles. The number of rotatable bonds is 7. The van der Waals surface area contributed by atoms with Crippen molar-refractivity contribution in [1.82, 2.24) is 5.32 Å². The molecule has 3 heteroatoms. The van der Waals surface area contributed by atoms with E-state index in [1.54, 1.807) is 0 Å². The molecule has 1 aromatic carbocycles. The third kappa shape index (κ3) is 4.45. The number of hydrogen-bond acceptors (Lipinski definition) is 2. The van der Waals surface area contributed by atoms with Crippen LogP contribution in [0.15, 0.2) is 35.2 Å². The summed E-state index contributed by atoms with van der Waals surface area (Å²) in [5.74, 6) is 0.709. The maximum atomic E-state index is 12.0. The average molecular weight is 239 g/mol. The first-order valence-corrected chi connectivity index (χ1v) is 7.26. The Morgan fingerprint density at radius 3 is 2.50 bits per heavy atom. The fourth-order valence-corrected chi connectivity index (χ4v) is 2.89. The first-order chi connectivity index (χ1) is 7.77. The first kappa shape index (κ1) is 13.4. The molecule has 0 aliphatic rings. The smallest absolute Gasteiger partial charge is 0.0545 e. The highest BCUT2D eigenvalue weighted by atomic mass is 32.2. The average Bonchev–Trinajstić information content (AvgIpc) is 2.35. The van der Waals surface area contributed by atoms with E-state index in [0.29, 0.717) is 11.8 Å². The van der Waals surface area contributed by atoms with Crippen molar-refractivity contribution >= 4 is 10.8 Å². The molecule has 2 atom stereocenters. The summed E-state index contributed by atoms with van der Waals surface area (Å²) in [5.41, 5.74) is 0. The molecule has 0 spiro atoms. The van der Waals surface area contributed by atoms with Crippen LogP contribution in [0, 0.1) is 0 Å². The number of benzene rings is 1. The van der Waals surface area contributed by atoms with Gasteiger partial charge in [0.2, 0.25) is 0 Å². The molecule has 0 aromatic heterocycles. The molecule has 0 fully saturated rings. The van der Waals surface area contributed by atoms with Gasteiger partial charge in [-0.1, -0.05) is 32.0 Å². The highest BCUT2D eigenvalue weighted by Gasteiger charge is 2.11. The molecule has 0 aliphatic carbocycles. The van der Waals surface area contributed by atoms with E-state index in [0.717, 1.165) is 24.3 Å². The number of nitrogens with one attached hydrogen (secondary N) is 1. The monoisotopic (exact) mass is 239 g/mol. The Morgan fingerprint density at radius 2 is 1.94 bits per heavy atom. The Kier molecular flexibility index (Phi) is 6.34. The van der Waals surface area contributed by atoms with E-state index in [-0.39, 0.29) is 0 Å². The largest absolute Gasteiger partial charge is 0.313 e. The fourth-order valence-electron chi connectivity index (χ4n) is 1.52. The van der Waals surface area contributed by atoms with Gasteiger partial charge in [-0.25, -0.2) is 0 Å². The maximum Gasteiger partial charge on any atom is 0.0545 e. The second kappa shape index (κ2) is 7.58. The van der Waals surface area contributed by atoms with E-state index in [1.807, 2.05) is 30.3 Å². The molecule has 0 bridgehead atoms. The highest BCUT2D eigenvalue weighted by molar-refractivity contribution is 7.85. The van der Waals surface area contributed by atoms with Gasteiger partial charge in [0.1, 0.15) is 0 Å². The molecule has 0 amide bonds. The second-order valence-electron chi connectivity index (χ2n) is 3.88. The summed E-state index contributed by atoms with van der Waals surface area (Å²) >= 11 is 0. The van der Waals surface area contributed by atoms with Crippen LogP contribution in [0.3, 0.4) is 0 Å². The van der Waals surface area contributed by atoms with Crippen LogP contribution < -0.4 is 5.32 Å². The quantitative estimate of drug-likeness (QED) is 0.792. The molecular weight excluding hydrogens is 218 g/mol. The fraction of sp³-hybridized carbons (Fsp3) is 0.538. The summed E-state index contributed by atoms with van der Waals surface area (Å²) < 4.78 is 12.0. The minimum Gasteiger partial charge on any atom is -0.313 e. The van der Waals surface area contributed by atoms with E-state index >= 15 is 0 Å². The molecule has 90 valence electrons. The van der Waals surface area contributed by atoms with Crippen LogP contribution in [0.5, 0.6) is 0 Å². The molecule has 0 radical (unpaired) electrons. The van der Waals surface area contributed by atoms with Gasteiger partial charge in [0, 0.05) is 16.7 Å². The van der Waals surface area contributed by atoms with Gasteiger partial charge in [0.05, 0.1) is 10.8 Å². The van der Waals surface area contributed by atoms with Crippen molar-refractivity contribution in [3.8, 4) is 0 Å². The topological polar surface area (TPSA) is 29.1 Å². The molecule has 0 saturated heterocycles. The first-order valence-electron chi connectivity index (χ1n) is 5.94. The van der Waals surface area contributed by atoms with Crippen LogP contribution >= 0.6 is 0 Å². The van der Waals surface area contributed by atoms with Crippen LogP contribution in [-0.2, 0) is 10.8 Å². The predicted octanol–water partition coefficient (Wildman–Crippen LogP) is 2.57. The van der Waals surface area contributed by atoms with E-state index < -0.39 is 10.8 Å². The third-order valence-corrected chi connectivity index (χ3v) is 4.04. The second-order valence-corrected chi connectivity index (χ2v) is 5.38. The Labute approximate surface area is 101 Å². The van der Waals surface area contributed by atoms with Crippen LogP contribution in [0.2, 0.25) is 0 Å². The zero-order chi connectivity index (χ0) is 11.8. The summed E-state index contributed by atoms with van der Waals surface area (Å²) in [6.07, 6.45) is 2.15. The van der Waals surface area contributed by atoms with E-state index in [2.05, 4.69) is 19.2 Å². The van der Waals surface area contributed by atoms with Crippen molar-refractivity contribution < 1.29 is 4.21 Å². The van der Waals surface area contributed by atoms with Crippen molar-refractivity contribution in [2.45, 2.75) is 37.6 Å². The van der Waals surface area contributed by atoms with Gasteiger partial charge < -0.3 is 5.32 Å². The summed E-state index contributed by atoms with van der Waals surface area (Å²) in [6, 6.07) is 10.1. The molecule has 2 unspecified atom stereocenters. The Balaban J connectivity index is 2.49. The van der Waals surface area contributed by atoms with Crippen molar-refractivity contribution in [3.05, 3.63) is 30.3 Å². The molecule has 1 rings (SSSR count). The Hall–Kier alpha value is -0.670. The molecular formula is C13H21NOS. The summed E-state index contributed by atoms with van der Waals surface area (Å²) in [4.78, 5) is 0.930. The van der Waals surface area contributed by atoms with Gasteiger partial charge in [-0.2, -0.15) is 0 Å². The van der Waals surface area contributed by atoms with Gasteiger partial charge in [-0.05, 0) is 31.5 Å². The highest BCUT2D eigenvalue weighted by Crippen LogP contribution is 2.07. The van der Waals surface area contributed by atoms with E-state index in [9.17, 15) is 4.21 Å². The normalized spacial score (nSPS) is 14.6. The van der Waals surface area contributed by atoms with Gasteiger partial charge in [0.25, 0.3) is 0 Å². The molecule has 1 aromatic rings. The predicted molar refractivity (Wildman–Crippen MR) is 70.1 cm³/mol. The summed E-state index contributed by atoms with van der Waals surface area (Å²) in [7, 11) is -0.879. The van der Waals surface area contributed by atoms with Crippen LogP contribution in [0.25, 0.3) is 0 Å². The van der Waals surface area contributed by atoms with E-state index in [1.165, 1.54) is 0 Å². The van der Waals surface area contributed by atoms with Gasteiger partial charge >= 0.3 is 0 Å². The minimum atomic E-state index is -0.879. The molecule has 2 nitrogen and oxygen atoms in total. The van der Waals surface area contributed by atoms with Gasteiger partial charge in [-0.15, -0.1) is 0 Å². The Bertz CT molecular complexity index is 313. The van der Waals surface area contributed by atoms with Gasteiger partial charge in [0.15, 0.2) is 0 Å². The van der Waals surface area contributed by atoms with Crippen molar-refractivity contribution in [3.63, 3.8) is 0 Å². The lowest BCUT2D eigenvalue weighted by molar-refractivity contribution is 0.534. The zero-order valence-corrected chi connectivity index (χ0v) is 10.9. The van der Waals surface area contributed by atoms with Crippen LogP contribution in [0.4, 0.5) is 0 Å². The molecule has 1 N–H and O–H groups in total. The lowest BCUT2D eigenvalue weighted by Crippen LogP contribution is -2.34. The zero-order valence-electron chi connectivity index (χ0n) is 10.1. The lowest BCUT2D eigenvalue weighted by Gasteiger charge is -2.15. The van der Waals surface area contributed by atoms with Gasteiger partial charge in [-0.3, -0.25) is 4.21 Å². The SMILES string of the molecule is CCCNC(CC)CS(=O)c1ccccc1. The Morgan fingerprint density at radius 1 is 1.25 bits per heavy atom.